The quantitative estimate of drug-likeness (QED) is 0.828. The maximum atomic E-state index is 11.4. The number of carbonyl (C=O) groups excluding carboxylic acids is 1. The molecule has 110 valence electrons. The minimum atomic E-state index is 0.270. The number of rotatable bonds is 5. The number of likely N-dealkylation sites (tertiary alicyclic amines) is 1. The molecule has 3 rings (SSSR count). The highest BCUT2D eigenvalue weighted by molar-refractivity contribution is 5.76. The van der Waals surface area contributed by atoms with E-state index in [2.05, 4.69) is 15.0 Å². The number of nitrogens with zero attached hydrogens (tertiary/aromatic N) is 3. The Kier molecular flexibility index (Phi) is 4.15. The van der Waals surface area contributed by atoms with Crippen LogP contribution in [0.3, 0.4) is 0 Å². The van der Waals surface area contributed by atoms with Crippen LogP contribution >= 0.6 is 0 Å². The van der Waals surface area contributed by atoms with Crippen LogP contribution in [0.4, 0.5) is 0 Å². The molecule has 5 heteroatoms. The zero-order valence-electron chi connectivity index (χ0n) is 12.2. The van der Waals surface area contributed by atoms with Gasteiger partial charge in [0.1, 0.15) is 5.78 Å². The third kappa shape index (κ3) is 3.45. The van der Waals surface area contributed by atoms with Gasteiger partial charge < -0.3 is 4.52 Å². The fourth-order valence-corrected chi connectivity index (χ4v) is 3.02. The lowest BCUT2D eigenvalue weighted by Gasteiger charge is -2.27. The molecule has 0 radical (unpaired) electrons. The Morgan fingerprint density at radius 1 is 1.30 bits per heavy atom. The summed E-state index contributed by atoms with van der Waals surface area (Å²) in [4.78, 5) is 18.3. The van der Waals surface area contributed by atoms with E-state index in [1.54, 1.807) is 6.92 Å². The number of aromatic nitrogens is 2. The molecule has 1 atom stereocenters. The zero-order chi connectivity index (χ0) is 13.9. The van der Waals surface area contributed by atoms with Crippen molar-refractivity contribution >= 4 is 5.78 Å². The number of ketones is 1. The van der Waals surface area contributed by atoms with Crippen LogP contribution in [0.25, 0.3) is 0 Å². The van der Waals surface area contributed by atoms with E-state index in [0.717, 1.165) is 18.8 Å². The Balaban J connectivity index is 1.65. The lowest BCUT2D eigenvalue weighted by Crippen LogP contribution is -2.35. The SMILES string of the molecule is CC(=O)CC1CCCCCN1Cc1nc(C2CC2)no1. The molecule has 0 amide bonds. The van der Waals surface area contributed by atoms with Crippen LogP contribution in [-0.4, -0.2) is 33.4 Å². The van der Waals surface area contributed by atoms with Crippen molar-refractivity contribution in [3.8, 4) is 0 Å². The monoisotopic (exact) mass is 277 g/mol. The number of Topliss-reactive ketones (excluding diaryl/α,β-unsaturated/α-hetero) is 1. The molecule has 1 aromatic heterocycles. The summed E-state index contributed by atoms with van der Waals surface area (Å²) in [5.74, 6) is 2.39. The lowest BCUT2D eigenvalue weighted by molar-refractivity contribution is -0.118. The van der Waals surface area contributed by atoms with Crippen LogP contribution in [0, 0.1) is 0 Å². The van der Waals surface area contributed by atoms with Crippen LogP contribution in [-0.2, 0) is 11.3 Å². The summed E-state index contributed by atoms with van der Waals surface area (Å²) in [7, 11) is 0. The van der Waals surface area contributed by atoms with Gasteiger partial charge in [0.2, 0.25) is 5.89 Å². The van der Waals surface area contributed by atoms with E-state index in [4.69, 9.17) is 4.52 Å². The van der Waals surface area contributed by atoms with E-state index in [-0.39, 0.29) is 5.78 Å². The number of hydrogen-bond donors (Lipinski definition) is 0. The van der Waals surface area contributed by atoms with Crippen molar-refractivity contribution < 1.29 is 9.32 Å². The second-order valence-electron chi connectivity index (χ2n) is 6.20. The first-order valence-corrected chi connectivity index (χ1v) is 7.78. The molecule has 0 N–H and O–H groups in total. The molecule has 1 unspecified atom stereocenters. The Morgan fingerprint density at radius 3 is 2.90 bits per heavy atom. The topological polar surface area (TPSA) is 59.2 Å². The first kappa shape index (κ1) is 13.7. The Hall–Kier alpha value is -1.23. The maximum absolute atomic E-state index is 11.4. The van der Waals surface area contributed by atoms with Gasteiger partial charge in [0.15, 0.2) is 5.82 Å². The summed E-state index contributed by atoms with van der Waals surface area (Å²) in [6.45, 7) is 3.40. The van der Waals surface area contributed by atoms with E-state index in [1.165, 1.54) is 32.1 Å². The zero-order valence-corrected chi connectivity index (χ0v) is 12.2. The van der Waals surface area contributed by atoms with Crippen molar-refractivity contribution in [2.24, 2.45) is 0 Å². The van der Waals surface area contributed by atoms with Gasteiger partial charge in [-0.15, -0.1) is 0 Å². The van der Waals surface area contributed by atoms with Crippen molar-refractivity contribution in [2.45, 2.75) is 70.4 Å². The highest BCUT2D eigenvalue weighted by atomic mass is 16.5. The molecule has 1 aromatic rings. The average molecular weight is 277 g/mol. The smallest absolute Gasteiger partial charge is 0.240 e. The third-order valence-electron chi connectivity index (χ3n) is 4.29. The van der Waals surface area contributed by atoms with Crippen molar-refractivity contribution in [3.63, 3.8) is 0 Å². The third-order valence-corrected chi connectivity index (χ3v) is 4.29. The summed E-state index contributed by atoms with van der Waals surface area (Å²) in [6, 6.07) is 0.339. The second kappa shape index (κ2) is 6.04. The molecule has 5 nitrogen and oxygen atoms in total. The second-order valence-corrected chi connectivity index (χ2v) is 6.20. The minimum absolute atomic E-state index is 0.270. The molecule has 1 saturated heterocycles. The van der Waals surface area contributed by atoms with Crippen LogP contribution in [0.2, 0.25) is 0 Å². The van der Waals surface area contributed by atoms with Crippen LogP contribution in [0.15, 0.2) is 4.52 Å². The molecular formula is C15H23N3O2. The largest absolute Gasteiger partial charge is 0.338 e. The summed E-state index contributed by atoms with van der Waals surface area (Å²) < 4.78 is 5.38. The average Bonchev–Trinajstić information content (AvgIpc) is 3.18. The Morgan fingerprint density at radius 2 is 2.15 bits per heavy atom. The minimum Gasteiger partial charge on any atom is -0.338 e. The van der Waals surface area contributed by atoms with Gasteiger partial charge in [0, 0.05) is 18.4 Å². The molecule has 0 bridgehead atoms. The first-order chi connectivity index (χ1) is 9.72. The predicted molar refractivity (Wildman–Crippen MR) is 74.2 cm³/mol. The van der Waals surface area contributed by atoms with Gasteiger partial charge in [-0.3, -0.25) is 9.69 Å². The van der Waals surface area contributed by atoms with Gasteiger partial charge in [-0.05, 0) is 39.2 Å². The highest BCUT2D eigenvalue weighted by Crippen LogP contribution is 2.38. The van der Waals surface area contributed by atoms with Crippen LogP contribution in [0.1, 0.15) is 69.5 Å². The first-order valence-electron chi connectivity index (χ1n) is 7.78. The molecule has 2 fully saturated rings. The van der Waals surface area contributed by atoms with E-state index >= 15 is 0 Å². The number of carbonyl (C=O) groups is 1. The molecule has 1 saturated carbocycles. The van der Waals surface area contributed by atoms with Crippen molar-refractivity contribution in [3.05, 3.63) is 11.7 Å². The molecule has 2 aliphatic rings. The summed E-state index contributed by atoms with van der Waals surface area (Å²) >= 11 is 0. The van der Waals surface area contributed by atoms with Crippen molar-refractivity contribution in [2.75, 3.05) is 6.54 Å². The van der Waals surface area contributed by atoms with Gasteiger partial charge in [-0.1, -0.05) is 18.0 Å². The standard InChI is InChI=1S/C15H23N3O2/c1-11(19)9-13-5-3-2-4-8-18(13)10-14-16-15(17-20-14)12-6-7-12/h12-13H,2-10H2,1H3. The molecule has 1 aliphatic carbocycles. The van der Waals surface area contributed by atoms with Gasteiger partial charge >= 0.3 is 0 Å². The van der Waals surface area contributed by atoms with Crippen molar-refractivity contribution in [1.82, 2.24) is 15.0 Å². The molecular weight excluding hydrogens is 254 g/mol. The normalized spacial score (nSPS) is 24.6. The molecule has 0 aromatic carbocycles. The van der Waals surface area contributed by atoms with E-state index in [9.17, 15) is 4.79 Å². The Bertz CT molecular complexity index is 467. The molecule has 20 heavy (non-hydrogen) atoms. The summed E-state index contributed by atoms with van der Waals surface area (Å²) in [6.07, 6.45) is 7.78. The maximum Gasteiger partial charge on any atom is 0.240 e. The van der Waals surface area contributed by atoms with Gasteiger partial charge in [-0.2, -0.15) is 4.98 Å². The van der Waals surface area contributed by atoms with Crippen LogP contribution in [0.5, 0.6) is 0 Å². The molecule has 2 heterocycles. The highest BCUT2D eigenvalue weighted by Gasteiger charge is 2.30. The van der Waals surface area contributed by atoms with E-state index in [0.29, 0.717) is 30.8 Å². The van der Waals surface area contributed by atoms with E-state index < -0.39 is 0 Å². The molecule has 1 aliphatic heterocycles. The van der Waals surface area contributed by atoms with Gasteiger partial charge in [-0.25, -0.2) is 0 Å². The van der Waals surface area contributed by atoms with Gasteiger partial charge in [0.05, 0.1) is 6.54 Å². The lowest BCUT2D eigenvalue weighted by atomic mass is 10.0. The number of hydrogen-bond acceptors (Lipinski definition) is 5. The summed E-state index contributed by atoms with van der Waals surface area (Å²) in [5, 5.41) is 4.07. The van der Waals surface area contributed by atoms with Crippen molar-refractivity contribution in [1.29, 1.82) is 0 Å². The van der Waals surface area contributed by atoms with Gasteiger partial charge in [0.25, 0.3) is 0 Å². The Labute approximate surface area is 119 Å². The fraction of sp³-hybridized carbons (Fsp3) is 0.800. The predicted octanol–water partition coefficient (Wildman–Crippen LogP) is 2.67. The molecule has 0 spiro atoms. The summed E-state index contributed by atoms with van der Waals surface area (Å²) in [5.41, 5.74) is 0. The van der Waals surface area contributed by atoms with Crippen LogP contribution < -0.4 is 0 Å². The fourth-order valence-electron chi connectivity index (χ4n) is 3.02. The van der Waals surface area contributed by atoms with E-state index in [1.807, 2.05) is 0 Å².